The summed E-state index contributed by atoms with van der Waals surface area (Å²) in [6, 6.07) is 12.4. The molecule has 0 atom stereocenters. The molecule has 1 aromatic heterocycles. The molecule has 0 bridgehead atoms. The zero-order valence-electron chi connectivity index (χ0n) is 15.5. The number of sulfone groups is 1. The minimum atomic E-state index is -3.30. The SMILES string of the molecule is COc1ccc(Cl)cc1CNC(=O)Cn1c(CS(C)(=O)=O)nc2ccccc21. The minimum absolute atomic E-state index is 0.0474. The first-order chi connectivity index (χ1) is 13.3. The summed E-state index contributed by atoms with van der Waals surface area (Å²) in [5, 5.41) is 3.36. The van der Waals surface area contributed by atoms with E-state index in [1.165, 1.54) is 0 Å². The summed E-state index contributed by atoms with van der Waals surface area (Å²) < 4.78 is 30.4. The van der Waals surface area contributed by atoms with Crippen molar-refractivity contribution >= 4 is 38.4 Å². The number of aromatic nitrogens is 2. The van der Waals surface area contributed by atoms with Crippen LogP contribution in [0.2, 0.25) is 5.02 Å². The van der Waals surface area contributed by atoms with Crippen molar-refractivity contribution in [3.05, 3.63) is 58.9 Å². The molecular weight excluding hydrogens is 402 g/mol. The maximum absolute atomic E-state index is 12.5. The molecule has 1 N–H and O–H groups in total. The van der Waals surface area contributed by atoms with E-state index in [1.54, 1.807) is 42.0 Å². The summed E-state index contributed by atoms with van der Waals surface area (Å²) in [6.45, 7) is 0.185. The molecule has 0 fully saturated rings. The van der Waals surface area contributed by atoms with Crippen molar-refractivity contribution < 1.29 is 17.9 Å². The summed E-state index contributed by atoms with van der Waals surface area (Å²) in [5.74, 6) is 0.437. The molecule has 0 aliphatic rings. The molecular formula is C19H20ClN3O4S. The minimum Gasteiger partial charge on any atom is -0.496 e. The van der Waals surface area contributed by atoms with Crippen LogP contribution in [0.1, 0.15) is 11.4 Å². The topological polar surface area (TPSA) is 90.3 Å². The summed E-state index contributed by atoms with van der Waals surface area (Å²) in [7, 11) is -1.75. The number of hydrogen-bond donors (Lipinski definition) is 1. The van der Waals surface area contributed by atoms with Crippen molar-refractivity contribution in [3.63, 3.8) is 0 Å². The first-order valence-electron chi connectivity index (χ1n) is 8.48. The van der Waals surface area contributed by atoms with Crippen LogP contribution in [0.5, 0.6) is 5.75 Å². The van der Waals surface area contributed by atoms with Crippen molar-refractivity contribution in [1.82, 2.24) is 14.9 Å². The fraction of sp³-hybridized carbons (Fsp3) is 0.263. The largest absolute Gasteiger partial charge is 0.496 e. The van der Waals surface area contributed by atoms with Gasteiger partial charge in [-0.15, -0.1) is 0 Å². The highest BCUT2D eigenvalue weighted by Crippen LogP contribution is 2.22. The van der Waals surface area contributed by atoms with Crippen LogP contribution >= 0.6 is 11.6 Å². The molecule has 1 heterocycles. The van der Waals surface area contributed by atoms with Gasteiger partial charge in [-0.25, -0.2) is 13.4 Å². The number of amides is 1. The third-order valence-electron chi connectivity index (χ3n) is 4.15. The molecule has 28 heavy (non-hydrogen) atoms. The molecule has 0 saturated heterocycles. The smallest absolute Gasteiger partial charge is 0.240 e. The summed E-state index contributed by atoms with van der Waals surface area (Å²) >= 11 is 6.01. The van der Waals surface area contributed by atoms with E-state index in [2.05, 4.69) is 10.3 Å². The highest BCUT2D eigenvalue weighted by molar-refractivity contribution is 7.89. The Morgan fingerprint density at radius 3 is 2.71 bits per heavy atom. The first kappa shape index (κ1) is 20.2. The number of para-hydroxylation sites is 2. The standard InChI is InChI=1S/C19H20ClN3O4S/c1-27-17-8-7-14(20)9-13(17)10-21-19(24)11-23-16-6-4-3-5-15(16)22-18(23)12-28(2,25)26/h3-9H,10-12H2,1-2H3,(H,21,24). The predicted octanol–water partition coefficient (Wildman–Crippen LogP) is 2.56. The second-order valence-corrected chi connectivity index (χ2v) is 8.98. The Kier molecular flexibility index (Phi) is 5.90. The number of halogens is 1. The maximum Gasteiger partial charge on any atom is 0.240 e. The van der Waals surface area contributed by atoms with Gasteiger partial charge in [-0.05, 0) is 30.3 Å². The van der Waals surface area contributed by atoms with Crippen LogP contribution in [0.3, 0.4) is 0 Å². The van der Waals surface area contributed by atoms with Crippen LogP contribution in [0.15, 0.2) is 42.5 Å². The molecule has 3 aromatic rings. The number of carbonyl (C=O) groups is 1. The number of carbonyl (C=O) groups excluding carboxylic acids is 1. The van der Waals surface area contributed by atoms with Crippen molar-refractivity contribution in [3.8, 4) is 5.75 Å². The summed E-state index contributed by atoms with van der Waals surface area (Å²) in [4.78, 5) is 16.9. The summed E-state index contributed by atoms with van der Waals surface area (Å²) in [6.07, 6.45) is 1.14. The van der Waals surface area contributed by atoms with E-state index in [4.69, 9.17) is 16.3 Å². The number of methoxy groups -OCH3 is 1. The van der Waals surface area contributed by atoms with Gasteiger partial charge in [0.2, 0.25) is 5.91 Å². The molecule has 1 amide bonds. The Balaban J connectivity index is 1.81. The molecule has 0 unspecified atom stereocenters. The lowest BCUT2D eigenvalue weighted by Crippen LogP contribution is -2.28. The Morgan fingerprint density at radius 1 is 1.25 bits per heavy atom. The Bertz CT molecular complexity index is 1130. The van der Waals surface area contributed by atoms with Gasteiger partial charge in [0.15, 0.2) is 9.84 Å². The number of imidazole rings is 1. The van der Waals surface area contributed by atoms with Crippen molar-refractivity contribution in [1.29, 1.82) is 0 Å². The second kappa shape index (κ2) is 8.20. The third kappa shape index (κ3) is 4.82. The van der Waals surface area contributed by atoms with Gasteiger partial charge in [0.25, 0.3) is 0 Å². The predicted molar refractivity (Wildman–Crippen MR) is 108 cm³/mol. The molecule has 0 spiro atoms. The summed E-state index contributed by atoms with van der Waals surface area (Å²) in [5.41, 5.74) is 2.09. The molecule has 3 rings (SSSR count). The van der Waals surface area contributed by atoms with Crippen LogP contribution in [-0.4, -0.2) is 37.2 Å². The van der Waals surface area contributed by atoms with E-state index in [-0.39, 0.29) is 24.7 Å². The number of benzene rings is 2. The van der Waals surface area contributed by atoms with E-state index in [0.717, 1.165) is 11.8 Å². The van der Waals surface area contributed by atoms with E-state index in [1.807, 2.05) is 12.1 Å². The van der Waals surface area contributed by atoms with Crippen LogP contribution in [0.4, 0.5) is 0 Å². The monoisotopic (exact) mass is 421 g/mol. The lowest BCUT2D eigenvalue weighted by atomic mass is 10.2. The van der Waals surface area contributed by atoms with E-state index in [9.17, 15) is 13.2 Å². The van der Waals surface area contributed by atoms with Crippen LogP contribution in [-0.2, 0) is 33.5 Å². The van der Waals surface area contributed by atoms with Gasteiger partial charge >= 0.3 is 0 Å². The molecule has 148 valence electrons. The van der Waals surface area contributed by atoms with Gasteiger partial charge in [0.05, 0.1) is 18.1 Å². The Hall–Kier alpha value is -2.58. The van der Waals surface area contributed by atoms with E-state index >= 15 is 0 Å². The lowest BCUT2D eigenvalue weighted by molar-refractivity contribution is -0.121. The van der Waals surface area contributed by atoms with Gasteiger partial charge in [0, 0.05) is 23.4 Å². The van der Waals surface area contributed by atoms with Gasteiger partial charge in [0.1, 0.15) is 23.9 Å². The van der Waals surface area contributed by atoms with Crippen LogP contribution in [0.25, 0.3) is 11.0 Å². The molecule has 0 aliphatic carbocycles. The number of ether oxygens (including phenoxy) is 1. The zero-order chi connectivity index (χ0) is 20.3. The van der Waals surface area contributed by atoms with Crippen molar-refractivity contribution in [2.24, 2.45) is 0 Å². The van der Waals surface area contributed by atoms with Crippen LogP contribution in [0, 0.1) is 0 Å². The van der Waals surface area contributed by atoms with Gasteiger partial charge in [-0.1, -0.05) is 23.7 Å². The number of hydrogen-bond acceptors (Lipinski definition) is 5. The molecule has 7 nitrogen and oxygen atoms in total. The normalized spacial score (nSPS) is 11.5. The fourth-order valence-electron chi connectivity index (χ4n) is 2.93. The van der Waals surface area contributed by atoms with Gasteiger partial charge < -0.3 is 14.6 Å². The van der Waals surface area contributed by atoms with Crippen LogP contribution < -0.4 is 10.1 Å². The highest BCUT2D eigenvalue weighted by Gasteiger charge is 2.17. The number of rotatable bonds is 7. The van der Waals surface area contributed by atoms with Crippen molar-refractivity contribution in [2.75, 3.05) is 13.4 Å². The molecule has 0 radical (unpaired) electrons. The average molecular weight is 422 g/mol. The van der Waals surface area contributed by atoms with Gasteiger partial charge in [-0.3, -0.25) is 4.79 Å². The Morgan fingerprint density at radius 2 is 2.00 bits per heavy atom. The molecule has 0 saturated carbocycles. The fourth-order valence-corrected chi connectivity index (χ4v) is 3.81. The number of nitrogens with zero attached hydrogens (tertiary/aromatic N) is 2. The lowest BCUT2D eigenvalue weighted by Gasteiger charge is -2.12. The molecule has 9 heteroatoms. The van der Waals surface area contributed by atoms with Crippen molar-refractivity contribution in [2.45, 2.75) is 18.8 Å². The third-order valence-corrected chi connectivity index (χ3v) is 5.16. The first-order valence-corrected chi connectivity index (χ1v) is 10.9. The maximum atomic E-state index is 12.5. The average Bonchev–Trinajstić information content (AvgIpc) is 2.95. The molecule has 2 aromatic carbocycles. The molecule has 0 aliphatic heterocycles. The second-order valence-electron chi connectivity index (χ2n) is 6.41. The van der Waals surface area contributed by atoms with E-state index < -0.39 is 9.84 Å². The number of fused-ring (bicyclic) bond motifs is 1. The number of nitrogens with one attached hydrogen (secondary N) is 1. The van der Waals surface area contributed by atoms with E-state index in [0.29, 0.717) is 27.6 Å². The Labute approximate surface area is 168 Å². The zero-order valence-corrected chi connectivity index (χ0v) is 17.0. The highest BCUT2D eigenvalue weighted by atomic mass is 35.5. The van der Waals surface area contributed by atoms with Gasteiger partial charge in [-0.2, -0.15) is 0 Å². The quantitative estimate of drug-likeness (QED) is 0.633.